The summed E-state index contributed by atoms with van der Waals surface area (Å²) in [4.78, 5) is 23.5. The lowest BCUT2D eigenvalue weighted by molar-refractivity contribution is -0.144. The molecule has 0 aliphatic carbocycles. The van der Waals surface area contributed by atoms with Crippen molar-refractivity contribution in [1.82, 2.24) is 5.32 Å². The van der Waals surface area contributed by atoms with Crippen LogP contribution in [-0.4, -0.2) is 29.6 Å². The van der Waals surface area contributed by atoms with Crippen LogP contribution in [0.1, 0.15) is 44.8 Å². The average molecular weight is 293 g/mol. The molecule has 116 valence electrons. The summed E-state index contributed by atoms with van der Waals surface area (Å²) >= 11 is 0. The minimum Gasteiger partial charge on any atom is -0.480 e. The first-order valence-electron chi connectivity index (χ1n) is 7.29. The van der Waals surface area contributed by atoms with Crippen LogP contribution < -0.4 is 5.32 Å². The summed E-state index contributed by atoms with van der Waals surface area (Å²) in [6, 6.07) is 8.21. The summed E-state index contributed by atoms with van der Waals surface area (Å²) in [5.41, 5.74) is 0.719. The molecule has 1 aromatic carbocycles. The molecule has 5 nitrogen and oxygen atoms in total. The molecule has 1 aromatic rings. The second-order valence-corrected chi connectivity index (χ2v) is 4.79. The van der Waals surface area contributed by atoms with Crippen LogP contribution in [0.25, 0.3) is 0 Å². The minimum atomic E-state index is -1.01. The number of benzene rings is 1. The monoisotopic (exact) mass is 293 g/mol. The highest BCUT2D eigenvalue weighted by molar-refractivity contribution is 5.87. The second-order valence-electron chi connectivity index (χ2n) is 4.79. The fourth-order valence-electron chi connectivity index (χ4n) is 2.03. The van der Waals surface area contributed by atoms with Crippen molar-refractivity contribution in [2.75, 3.05) is 6.61 Å². The van der Waals surface area contributed by atoms with Gasteiger partial charge in [0.25, 0.3) is 5.91 Å². The van der Waals surface area contributed by atoms with Gasteiger partial charge in [-0.3, -0.25) is 4.79 Å². The van der Waals surface area contributed by atoms with Gasteiger partial charge in [0.05, 0.1) is 0 Å². The first-order chi connectivity index (χ1) is 10.1. The van der Waals surface area contributed by atoms with Crippen molar-refractivity contribution in [2.45, 2.75) is 45.3 Å². The summed E-state index contributed by atoms with van der Waals surface area (Å²) in [5.74, 6) is -1.42. The highest BCUT2D eigenvalue weighted by Gasteiger charge is 2.26. The van der Waals surface area contributed by atoms with Crippen LogP contribution in [-0.2, 0) is 14.3 Å². The summed E-state index contributed by atoms with van der Waals surface area (Å²) in [6.45, 7) is 4.16. The summed E-state index contributed by atoms with van der Waals surface area (Å²) < 4.78 is 5.47. The molecule has 1 amide bonds. The number of carboxylic acids is 1. The molecule has 0 radical (unpaired) electrons. The van der Waals surface area contributed by atoms with Crippen LogP contribution in [0.15, 0.2) is 30.3 Å². The van der Waals surface area contributed by atoms with Crippen molar-refractivity contribution in [3.63, 3.8) is 0 Å². The third-order valence-corrected chi connectivity index (χ3v) is 3.13. The Morgan fingerprint density at radius 3 is 2.43 bits per heavy atom. The fraction of sp³-hybridized carbons (Fsp3) is 0.500. The third-order valence-electron chi connectivity index (χ3n) is 3.13. The van der Waals surface area contributed by atoms with Gasteiger partial charge in [0.1, 0.15) is 6.04 Å². The minimum absolute atomic E-state index is 0.375. The van der Waals surface area contributed by atoms with Crippen LogP contribution in [0.2, 0.25) is 0 Å². The van der Waals surface area contributed by atoms with Crippen LogP contribution in [0.4, 0.5) is 0 Å². The van der Waals surface area contributed by atoms with E-state index >= 15 is 0 Å². The van der Waals surface area contributed by atoms with Crippen molar-refractivity contribution in [1.29, 1.82) is 0 Å². The zero-order chi connectivity index (χ0) is 15.7. The first kappa shape index (κ1) is 17.2. The van der Waals surface area contributed by atoms with Gasteiger partial charge in [-0.15, -0.1) is 0 Å². The largest absolute Gasteiger partial charge is 0.480 e. The van der Waals surface area contributed by atoms with Gasteiger partial charge in [0, 0.05) is 6.61 Å². The molecule has 0 saturated heterocycles. The molecule has 1 unspecified atom stereocenters. The predicted molar refractivity (Wildman–Crippen MR) is 79.9 cm³/mol. The molecule has 0 aromatic heterocycles. The van der Waals surface area contributed by atoms with E-state index in [1.807, 2.05) is 25.1 Å². The molecule has 0 aliphatic rings. The standard InChI is InChI=1S/C16H23NO4/c1-3-5-11-13(16(19)20)17-15(18)14(21-4-2)12-9-7-6-8-10-12/h6-10,13-14H,3-5,11H2,1-2H3,(H,17,18)(H,19,20)/t13-,14?/m0/s1. The highest BCUT2D eigenvalue weighted by Crippen LogP contribution is 2.18. The van der Waals surface area contributed by atoms with Crippen molar-refractivity contribution in [2.24, 2.45) is 0 Å². The Kier molecular flexibility index (Phi) is 7.46. The lowest BCUT2D eigenvalue weighted by Crippen LogP contribution is -2.43. The Bertz CT molecular complexity index is 447. The molecular formula is C16H23NO4. The maximum absolute atomic E-state index is 12.3. The van der Waals surface area contributed by atoms with Crippen LogP contribution in [0.3, 0.4) is 0 Å². The number of rotatable bonds is 9. The molecule has 0 spiro atoms. The molecule has 0 aliphatic heterocycles. The summed E-state index contributed by atoms with van der Waals surface area (Å²) in [7, 11) is 0. The van der Waals surface area contributed by atoms with Crippen LogP contribution in [0, 0.1) is 0 Å². The number of carboxylic acid groups (broad SMARTS) is 1. The number of hydrogen-bond donors (Lipinski definition) is 2. The summed E-state index contributed by atoms with van der Waals surface area (Å²) in [5, 5.41) is 11.7. The van der Waals surface area contributed by atoms with E-state index in [1.54, 1.807) is 19.1 Å². The predicted octanol–water partition coefficient (Wildman–Crippen LogP) is 2.52. The van der Waals surface area contributed by atoms with E-state index in [9.17, 15) is 14.7 Å². The number of nitrogens with one attached hydrogen (secondary N) is 1. The van der Waals surface area contributed by atoms with Gasteiger partial charge in [0.15, 0.2) is 6.10 Å². The Morgan fingerprint density at radius 1 is 1.24 bits per heavy atom. The van der Waals surface area contributed by atoms with Gasteiger partial charge < -0.3 is 15.2 Å². The molecule has 0 saturated carbocycles. The lowest BCUT2D eigenvalue weighted by atomic mass is 10.1. The normalized spacial score (nSPS) is 13.4. The average Bonchev–Trinajstić information content (AvgIpc) is 2.49. The second kappa shape index (κ2) is 9.13. The zero-order valence-corrected chi connectivity index (χ0v) is 12.5. The van der Waals surface area contributed by atoms with E-state index in [4.69, 9.17) is 4.74 Å². The van der Waals surface area contributed by atoms with Gasteiger partial charge in [-0.1, -0.05) is 50.1 Å². The van der Waals surface area contributed by atoms with Crippen molar-refractivity contribution in [3.8, 4) is 0 Å². The van der Waals surface area contributed by atoms with Crippen molar-refractivity contribution in [3.05, 3.63) is 35.9 Å². The number of aliphatic carboxylic acids is 1. The number of hydrogen-bond acceptors (Lipinski definition) is 3. The van der Waals surface area contributed by atoms with Gasteiger partial charge in [-0.25, -0.2) is 4.79 Å². The number of carbonyl (C=O) groups is 2. The van der Waals surface area contributed by atoms with Crippen molar-refractivity contribution >= 4 is 11.9 Å². The Balaban J connectivity index is 2.78. The molecular weight excluding hydrogens is 270 g/mol. The molecule has 0 bridgehead atoms. The van der Waals surface area contributed by atoms with Crippen molar-refractivity contribution < 1.29 is 19.4 Å². The highest BCUT2D eigenvalue weighted by atomic mass is 16.5. The molecule has 2 N–H and O–H groups in total. The Morgan fingerprint density at radius 2 is 1.90 bits per heavy atom. The van der Waals surface area contributed by atoms with Gasteiger partial charge in [-0.2, -0.15) is 0 Å². The quantitative estimate of drug-likeness (QED) is 0.733. The van der Waals surface area contributed by atoms with E-state index in [2.05, 4.69) is 5.32 Å². The molecule has 0 heterocycles. The van der Waals surface area contributed by atoms with E-state index in [0.29, 0.717) is 13.0 Å². The fourth-order valence-corrected chi connectivity index (χ4v) is 2.03. The number of carbonyl (C=O) groups excluding carboxylic acids is 1. The number of amides is 1. The third kappa shape index (κ3) is 5.55. The Hall–Kier alpha value is -1.88. The number of ether oxygens (including phenoxy) is 1. The van der Waals surface area contributed by atoms with E-state index < -0.39 is 24.0 Å². The lowest BCUT2D eigenvalue weighted by Gasteiger charge is -2.20. The smallest absolute Gasteiger partial charge is 0.326 e. The first-order valence-corrected chi connectivity index (χ1v) is 7.29. The SMILES string of the molecule is CCCC[C@H](NC(=O)C(OCC)c1ccccc1)C(=O)O. The van der Waals surface area contributed by atoms with Crippen LogP contribution >= 0.6 is 0 Å². The molecule has 21 heavy (non-hydrogen) atoms. The van der Waals surface area contributed by atoms with E-state index in [0.717, 1.165) is 18.4 Å². The van der Waals surface area contributed by atoms with Crippen LogP contribution in [0.5, 0.6) is 0 Å². The maximum atomic E-state index is 12.3. The van der Waals surface area contributed by atoms with E-state index in [-0.39, 0.29) is 0 Å². The zero-order valence-electron chi connectivity index (χ0n) is 12.5. The van der Waals surface area contributed by atoms with Gasteiger partial charge in [0.2, 0.25) is 0 Å². The van der Waals surface area contributed by atoms with Gasteiger partial charge in [-0.05, 0) is 18.9 Å². The Labute approximate surface area is 125 Å². The molecule has 1 rings (SSSR count). The maximum Gasteiger partial charge on any atom is 0.326 e. The molecule has 5 heteroatoms. The topological polar surface area (TPSA) is 75.6 Å². The number of unbranched alkanes of at least 4 members (excludes halogenated alkanes) is 1. The van der Waals surface area contributed by atoms with Gasteiger partial charge >= 0.3 is 5.97 Å². The molecule has 0 fully saturated rings. The van der Waals surface area contributed by atoms with E-state index in [1.165, 1.54) is 0 Å². The molecule has 2 atom stereocenters. The summed E-state index contributed by atoms with van der Waals surface area (Å²) in [6.07, 6.45) is 1.28.